The summed E-state index contributed by atoms with van der Waals surface area (Å²) in [6.07, 6.45) is -3.95. The smallest absolute Gasteiger partial charge is 0.238 e. The lowest BCUT2D eigenvalue weighted by Crippen LogP contribution is -2.58. The van der Waals surface area contributed by atoms with Crippen molar-refractivity contribution in [2.75, 3.05) is 13.2 Å². The molecule has 2 aromatic rings. The third-order valence-electron chi connectivity index (χ3n) is 6.13. The number of ether oxygens (including phenoxy) is 2. The number of H-pyrrole nitrogens is 1. The highest BCUT2D eigenvalue weighted by molar-refractivity contribution is 5.79. The SMILES string of the molecule is CC(C)c1[nH]nc(OC2OC(CO)C(F)C(O)C2O)c1Cc1ccc(/C=C/CC(=O)NCCC(N)=O)cc1. The molecule has 0 bridgehead atoms. The maximum absolute atomic E-state index is 14.1. The molecular formula is C26H35FN4O7. The highest BCUT2D eigenvalue weighted by atomic mass is 19.1. The summed E-state index contributed by atoms with van der Waals surface area (Å²) in [5, 5.41) is 39.4. The van der Waals surface area contributed by atoms with Crippen molar-refractivity contribution in [3.8, 4) is 5.88 Å². The largest absolute Gasteiger partial charge is 0.443 e. The van der Waals surface area contributed by atoms with E-state index in [-0.39, 0.29) is 37.1 Å². The number of aliphatic hydroxyl groups is 3. The first-order valence-electron chi connectivity index (χ1n) is 12.4. The van der Waals surface area contributed by atoms with Crippen LogP contribution in [0.3, 0.4) is 0 Å². The van der Waals surface area contributed by atoms with Gasteiger partial charge in [-0.15, -0.1) is 5.10 Å². The van der Waals surface area contributed by atoms with E-state index in [2.05, 4.69) is 15.5 Å². The zero-order chi connectivity index (χ0) is 27.8. The Hall–Kier alpha value is -3.32. The fourth-order valence-corrected chi connectivity index (χ4v) is 4.01. The van der Waals surface area contributed by atoms with Gasteiger partial charge in [-0.3, -0.25) is 14.7 Å². The highest BCUT2D eigenvalue weighted by Crippen LogP contribution is 2.31. The maximum atomic E-state index is 14.1. The van der Waals surface area contributed by atoms with Crippen LogP contribution in [0.15, 0.2) is 30.3 Å². The van der Waals surface area contributed by atoms with E-state index in [1.54, 1.807) is 6.08 Å². The summed E-state index contributed by atoms with van der Waals surface area (Å²) in [5.41, 5.74) is 8.38. The molecule has 1 saturated heterocycles. The lowest BCUT2D eigenvalue weighted by Gasteiger charge is -2.38. The number of benzene rings is 1. The van der Waals surface area contributed by atoms with Crippen LogP contribution in [0.5, 0.6) is 5.88 Å². The minimum atomic E-state index is -1.96. The number of halogens is 1. The van der Waals surface area contributed by atoms with Gasteiger partial charge in [0, 0.05) is 37.1 Å². The number of rotatable bonds is 12. The number of hydrogen-bond donors (Lipinski definition) is 6. The van der Waals surface area contributed by atoms with Gasteiger partial charge < -0.3 is 35.8 Å². The van der Waals surface area contributed by atoms with Gasteiger partial charge in [0.05, 0.1) is 6.61 Å². The molecule has 5 atom stereocenters. The molecule has 12 heteroatoms. The zero-order valence-corrected chi connectivity index (χ0v) is 21.3. The van der Waals surface area contributed by atoms with Crippen molar-refractivity contribution in [3.63, 3.8) is 0 Å². The van der Waals surface area contributed by atoms with Crippen molar-refractivity contribution >= 4 is 17.9 Å². The number of aromatic amines is 1. The van der Waals surface area contributed by atoms with Crippen molar-refractivity contribution in [1.82, 2.24) is 15.5 Å². The van der Waals surface area contributed by atoms with Gasteiger partial charge in [-0.1, -0.05) is 50.3 Å². The number of amides is 2. The Morgan fingerprint density at radius 1 is 1.26 bits per heavy atom. The van der Waals surface area contributed by atoms with E-state index in [4.69, 9.17) is 15.2 Å². The molecule has 11 nitrogen and oxygen atoms in total. The number of aromatic nitrogens is 2. The summed E-state index contributed by atoms with van der Waals surface area (Å²) in [5.74, 6) is -0.473. The van der Waals surface area contributed by atoms with Crippen molar-refractivity contribution in [1.29, 1.82) is 0 Å². The van der Waals surface area contributed by atoms with Crippen LogP contribution in [0.25, 0.3) is 6.08 Å². The predicted octanol–water partition coefficient (Wildman–Crippen LogP) is 0.675. The second kappa shape index (κ2) is 13.5. The molecule has 7 N–H and O–H groups in total. The van der Waals surface area contributed by atoms with Crippen LogP contribution in [0, 0.1) is 0 Å². The van der Waals surface area contributed by atoms with Crippen LogP contribution in [0.1, 0.15) is 55.0 Å². The lowest BCUT2D eigenvalue weighted by molar-refractivity contribution is -0.265. The van der Waals surface area contributed by atoms with Crippen molar-refractivity contribution in [3.05, 3.63) is 52.7 Å². The molecule has 1 aliphatic rings. The number of nitrogens with zero attached hydrogens (tertiary/aromatic N) is 1. The fraction of sp³-hybridized carbons (Fsp3) is 0.500. The van der Waals surface area contributed by atoms with Gasteiger partial charge in [0.15, 0.2) is 6.17 Å². The molecular weight excluding hydrogens is 499 g/mol. The van der Waals surface area contributed by atoms with E-state index in [1.807, 2.05) is 44.2 Å². The van der Waals surface area contributed by atoms with Crippen molar-refractivity contribution in [2.45, 2.75) is 69.8 Å². The Balaban J connectivity index is 1.67. The first kappa shape index (κ1) is 29.2. The van der Waals surface area contributed by atoms with Gasteiger partial charge in [-0.05, 0) is 17.0 Å². The fourth-order valence-electron chi connectivity index (χ4n) is 4.01. The van der Waals surface area contributed by atoms with Crippen LogP contribution < -0.4 is 15.8 Å². The normalized spacial score (nSPS) is 23.6. The first-order valence-corrected chi connectivity index (χ1v) is 12.4. The topological polar surface area (TPSA) is 180 Å². The monoisotopic (exact) mass is 534 g/mol. The third-order valence-corrected chi connectivity index (χ3v) is 6.13. The van der Waals surface area contributed by atoms with E-state index in [0.717, 1.165) is 16.8 Å². The maximum Gasteiger partial charge on any atom is 0.238 e. The predicted molar refractivity (Wildman–Crippen MR) is 136 cm³/mol. The van der Waals surface area contributed by atoms with E-state index in [9.17, 15) is 29.3 Å². The number of alkyl halides is 1. The van der Waals surface area contributed by atoms with Gasteiger partial charge in [-0.2, -0.15) is 0 Å². The Bertz CT molecular complexity index is 1100. The van der Waals surface area contributed by atoms with E-state index in [0.29, 0.717) is 12.0 Å². The Labute approximate surface area is 219 Å². The minimum Gasteiger partial charge on any atom is -0.443 e. The second-order valence-corrected chi connectivity index (χ2v) is 9.44. The molecule has 1 aromatic carbocycles. The second-order valence-electron chi connectivity index (χ2n) is 9.44. The summed E-state index contributed by atoms with van der Waals surface area (Å²) in [6.45, 7) is 3.48. The Morgan fingerprint density at radius 2 is 1.97 bits per heavy atom. The molecule has 208 valence electrons. The summed E-state index contributed by atoms with van der Waals surface area (Å²) in [4.78, 5) is 22.5. The molecule has 2 heterocycles. The van der Waals surface area contributed by atoms with E-state index < -0.39 is 43.3 Å². The zero-order valence-electron chi connectivity index (χ0n) is 21.3. The van der Waals surface area contributed by atoms with Gasteiger partial charge >= 0.3 is 0 Å². The number of hydrogen-bond acceptors (Lipinski definition) is 8. The van der Waals surface area contributed by atoms with E-state index in [1.165, 1.54) is 0 Å². The average molecular weight is 535 g/mol. The quantitative estimate of drug-likeness (QED) is 0.230. The Morgan fingerprint density at radius 3 is 2.61 bits per heavy atom. The van der Waals surface area contributed by atoms with Crippen LogP contribution >= 0.6 is 0 Å². The third kappa shape index (κ3) is 7.60. The van der Waals surface area contributed by atoms with E-state index >= 15 is 0 Å². The summed E-state index contributed by atoms with van der Waals surface area (Å²) in [6, 6.07) is 7.62. The molecule has 38 heavy (non-hydrogen) atoms. The molecule has 3 rings (SSSR count). The standard InChI is InChI=1S/C26H35FN4O7/c1-14(2)22-17(25(31-30-22)38-26-24(36)23(35)21(27)18(13-32)37-26)12-16-8-6-15(7-9-16)4-3-5-20(34)29-11-10-19(28)33/h3-4,6-9,14,18,21,23-24,26,32,35-36H,5,10-13H2,1-2H3,(H2,28,33)(H,29,34)(H,30,31)/b4-3+. The molecule has 1 fully saturated rings. The van der Waals surface area contributed by atoms with Crippen molar-refractivity contribution in [2.24, 2.45) is 5.73 Å². The summed E-state index contributed by atoms with van der Waals surface area (Å²) in [7, 11) is 0. The number of aliphatic hydroxyl groups excluding tert-OH is 3. The Kier molecular flexibility index (Phi) is 10.4. The van der Waals surface area contributed by atoms with Gasteiger partial charge in [0.2, 0.25) is 24.0 Å². The molecule has 0 spiro atoms. The molecule has 2 amide bonds. The van der Waals surface area contributed by atoms with Crippen LogP contribution in [0.2, 0.25) is 0 Å². The molecule has 5 unspecified atom stereocenters. The molecule has 0 aliphatic carbocycles. The number of carbonyl (C=O) groups is 2. The number of primary amides is 1. The number of nitrogens with one attached hydrogen (secondary N) is 2. The summed E-state index contributed by atoms with van der Waals surface area (Å²) < 4.78 is 25.2. The molecule has 1 aliphatic heterocycles. The minimum absolute atomic E-state index is 0.0642. The van der Waals surface area contributed by atoms with Crippen LogP contribution in [-0.4, -0.2) is 81.3 Å². The molecule has 0 radical (unpaired) electrons. The number of nitrogens with two attached hydrogens (primary N) is 1. The van der Waals surface area contributed by atoms with Crippen LogP contribution in [-0.2, 0) is 20.7 Å². The molecule has 1 aromatic heterocycles. The highest BCUT2D eigenvalue weighted by Gasteiger charge is 2.46. The first-order chi connectivity index (χ1) is 18.1. The van der Waals surface area contributed by atoms with Gasteiger partial charge in [0.25, 0.3) is 0 Å². The van der Waals surface area contributed by atoms with Gasteiger partial charge in [-0.25, -0.2) is 4.39 Å². The van der Waals surface area contributed by atoms with Crippen LogP contribution in [0.4, 0.5) is 4.39 Å². The lowest BCUT2D eigenvalue weighted by atomic mass is 9.98. The number of carbonyl (C=O) groups excluding carboxylic acids is 2. The molecule has 0 saturated carbocycles. The average Bonchev–Trinajstić information content (AvgIpc) is 3.27. The van der Waals surface area contributed by atoms with Crippen molar-refractivity contribution < 1.29 is 38.8 Å². The summed E-state index contributed by atoms with van der Waals surface area (Å²) >= 11 is 0. The van der Waals surface area contributed by atoms with Gasteiger partial charge in [0.1, 0.15) is 18.3 Å².